The predicted octanol–water partition coefficient (Wildman–Crippen LogP) is 2.97. The third-order valence-corrected chi connectivity index (χ3v) is 4.73. The molecule has 2 atom stereocenters. The quantitative estimate of drug-likeness (QED) is 0.890. The molecule has 1 saturated heterocycles. The first-order chi connectivity index (χ1) is 12.0. The summed E-state index contributed by atoms with van der Waals surface area (Å²) in [5, 5.41) is 13.5. The average Bonchev–Trinajstić information content (AvgIpc) is 2.64. The normalized spacial score (nSPS) is 20.9. The van der Waals surface area contributed by atoms with Crippen molar-refractivity contribution in [3.8, 4) is 0 Å². The van der Waals surface area contributed by atoms with E-state index in [0.29, 0.717) is 25.3 Å². The molecule has 0 aliphatic carbocycles. The van der Waals surface area contributed by atoms with Crippen LogP contribution in [0.25, 0.3) is 0 Å². The highest BCUT2D eigenvalue weighted by molar-refractivity contribution is 5.47. The number of rotatable bonds is 4. The molecule has 1 aliphatic heterocycles. The number of halogens is 3. The zero-order valence-corrected chi connectivity index (χ0v) is 13.6. The molecule has 2 unspecified atom stereocenters. The molecule has 0 aromatic heterocycles. The minimum Gasteiger partial charge on any atom is -0.395 e. The molecule has 2 aromatic rings. The van der Waals surface area contributed by atoms with Crippen LogP contribution in [0.3, 0.4) is 0 Å². The van der Waals surface area contributed by atoms with Gasteiger partial charge in [-0.2, -0.15) is 13.2 Å². The SMILES string of the molecule is OCC(c1ccccc1)(c1ccccc1C(F)(F)F)C1CNCCO1. The van der Waals surface area contributed by atoms with E-state index in [2.05, 4.69) is 5.32 Å². The predicted molar refractivity (Wildman–Crippen MR) is 88.4 cm³/mol. The van der Waals surface area contributed by atoms with Crippen molar-refractivity contribution in [2.45, 2.75) is 17.7 Å². The van der Waals surface area contributed by atoms with Crippen LogP contribution in [0.15, 0.2) is 54.6 Å². The molecular weight excluding hydrogens is 331 g/mol. The van der Waals surface area contributed by atoms with Gasteiger partial charge >= 0.3 is 6.18 Å². The Kier molecular flexibility index (Phi) is 5.13. The van der Waals surface area contributed by atoms with Crippen molar-refractivity contribution in [3.63, 3.8) is 0 Å². The number of benzene rings is 2. The molecule has 3 rings (SSSR count). The number of morpholine rings is 1. The van der Waals surface area contributed by atoms with Gasteiger partial charge in [0.2, 0.25) is 0 Å². The average molecular weight is 351 g/mol. The highest BCUT2D eigenvalue weighted by Crippen LogP contribution is 2.43. The first-order valence-electron chi connectivity index (χ1n) is 8.15. The van der Waals surface area contributed by atoms with Gasteiger partial charge in [0.25, 0.3) is 0 Å². The molecule has 0 spiro atoms. The van der Waals surface area contributed by atoms with Gasteiger partial charge in [-0.15, -0.1) is 0 Å². The van der Waals surface area contributed by atoms with Crippen molar-refractivity contribution >= 4 is 0 Å². The van der Waals surface area contributed by atoms with E-state index in [1.807, 2.05) is 0 Å². The van der Waals surface area contributed by atoms with Crippen LogP contribution in [0.5, 0.6) is 0 Å². The maximum atomic E-state index is 13.7. The van der Waals surface area contributed by atoms with Gasteiger partial charge in [0.15, 0.2) is 0 Å². The monoisotopic (exact) mass is 351 g/mol. The Balaban J connectivity index is 2.25. The first kappa shape index (κ1) is 17.9. The van der Waals surface area contributed by atoms with Gasteiger partial charge in [0.05, 0.1) is 30.3 Å². The second-order valence-corrected chi connectivity index (χ2v) is 6.10. The lowest BCUT2D eigenvalue weighted by Crippen LogP contribution is -2.54. The number of aliphatic hydroxyl groups excluding tert-OH is 1. The largest absolute Gasteiger partial charge is 0.416 e. The van der Waals surface area contributed by atoms with E-state index in [0.717, 1.165) is 6.07 Å². The van der Waals surface area contributed by atoms with Gasteiger partial charge < -0.3 is 15.2 Å². The zero-order chi connectivity index (χ0) is 17.9. The van der Waals surface area contributed by atoms with Crippen molar-refractivity contribution in [2.75, 3.05) is 26.3 Å². The molecule has 3 nitrogen and oxygen atoms in total. The summed E-state index contributed by atoms with van der Waals surface area (Å²) in [5.41, 5.74) is -1.42. The maximum absolute atomic E-state index is 13.7. The van der Waals surface area contributed by atoms with Crippen LogP contribution >= 0.6 is 0 Å². The lowest BCUT2D eigenvalue weighted by Gasteiger charge is -2.43. The standard InChI is InChI=1S/C19H20F3NO2/c20-19(21,22)16-9-5-4-8-15(16)18(13-24,14-6-2-1-3-7-14)17-12-23-10-11-25-17/h1-9,17,23-24H,10-13H2. The number of ether oxygens (including phenoxy) is 1. The lowest BCUT2D eigenvalue weighted by molar-refractivity contribution is -0.139. The third-order valence-electron chi connectivity index (χ3n) is 4.73. The molecule has 134 valence electrons. The van der Waals surface area contributed by atoms with Crippen LogP contribution in [0, 0.1) is 0 Å². The van der Waals surface area contributed by atoms with Gasteiger partial charge in [-0.3, -0.25) is 0 Å². The van der Waals surface area contributed by atoms with Crippen molar-refractivity contribution in [1.29, 1.82) is 0 Å². The molecule has 0 bridgehead atoms. The Bertz CT molecular complexity index is 699. The number of hydrogen-bond donors (Lipinski definition) is 2. The smallest absolute Gasteiger partial charge is 0.395 e. The van der Waals surface area contributed by atoms with Crippen molar-refractivity contribution < 1.29 is 23.0 Å². The molecule has 0 radical (unpaired) electrons. The summed E-state index contributed by atoms with van der Waals surface area (Å²) >= 11 is 0. The Hall–Kier alpha value is -1.89. The van der Waals surface area contributed by atoms with Gasteiger partial charge in [-0.25, -0.2) is 0 Å². The fraction of sp³-hybridized carbons (Fsp3) is 0.368. The minimum atomic E-state index is -4.52. The fourth-order valence-electron chi connectivity index (χ4n) is 3.53. The van der Waals surface area contributed by atoms with Crippen LogP contribution in [0.1, 0.15) is 16.7 Å². The van der Waals surface area contributed by atoms with Crippen molar-refractivity contribution in [1.82, 2.24) is 5.32 Å². The van der Waals surface area contributed by atoms with E-state index in [1.165, 1.54) is 12.1 Å². The summed E-state index contributed by atoms with van der Waals surface area (Å²) in [4.78, 5) is 0. The summed E-state index contributed by atoms with van der Waals surface area (Å²) < 4.78 is 46.8. The van der Waals surface area contributed by atoms with E-state index in [9.17, 15) is 18.3 Å². The minimum absolute atomic E-state index is 0.0323. The van der Waals surface area contributed by atoms with Gasteiger partial charge in [0.1, 0.15) is 0 Å². The molecule has 1 fully saturated rings. The van der Waals surface area contributed by atoms with Crippen LogP contribution < -0.4 is 5.32 Å². The summed E-state index contributed by atoms with van der Waals surface area (Å²) in [5.74, 6) is 0. The highest BCUT2D eigenvalue weighted by atomic mass is 19.4. The fourth-order valence-corrected chi connectivity index (χ4v) is 3.53. The second kappa shape index (κ2) is 7.15. The van der Waals surface area contributed by atoms with Crippen molar-refractivity contribution in [3.05, 3.63) is 71.3 Å². The summed E-state index contributed by atoms with van der Waals surface area (Å²) in [6, 6.07) is 14.2. The molecule has 1 heterocycles. The first-order valence-corrected chi connectivity index (χ1v) is 8.15. The summed E-state index contributed by atoms with van der Waals surface area (Å²) in [7, 11) is 0. The van der Waals surface area contributed by atoms with Crippen LogP contribution in [0.2, 0.25) is 0 Å². The molecule has 1 aliphatic rings. The number of alkyl halides is 3. The second-order valence-electron chi connectivity index (χ2n) is 6.10. The van der Waals surface area contributed by atoms with Gasteiger partial charge in [-0.1, -0.05) is 48.5 Å². The van der Waals surface area contributed by atoms with Gasteiger partial charge in [0, 0.05) is 13.1 Å². The van der Waals surface area contributed by atoms with Crippen LogP contribution in [-0.2, 0) is 16.3 Å². The Morgan fingerprint density at radius 3 is 2.20 bits per heavy atom. The maximum Gasteiger partial charge on any atom is 0.416 e. The van der Waals surface area contributed by atoms with E-state index < -0.39 is 29.9 Å². The van der Waals surface area contributed by atoms with E-state index in [1.54, 1.807) is 36.4 Å². The molecule has 6 heteroatoms. The third kappa shape index (κ3) is 3.29. The Morgan fingerprint density at radius 1 is 1.00 bits per heavy atom. The van der Waals surface area contributed by atoms with Crippen LogP contribution in [-0.4, -0.2) is 37.5 Å². The molecule has 0 saturated carbocycles. The van der Waals surface area contributed by atoms with Crippen LogP contribution in [0.4, 0.5) is 13.2 Å². The zero-order valence-electron chi connectivity index (χ0n) is 13.6. The molecule has 25 heavy (non-hydrogen) atoms. The van der Waals surface area contributed by atoms with E-state index in [4.69, 9.17) is 4.74 Å². The van der Waals surface area contributed by atoms with E-state index in [-0.39, 0.29) is 5.56 Å². The summed E-state index contributed by atoms with van der Waals surface area (Å²) in [6.45, 7) is 0.888. The molecular formula is C19H20F3NO2. The Labute approximate surface area is 144 Å². The van der Waals surface area contributed by atoms with Gasteiger partial charge in [-0.05, 0) is 17.2 Å². The molecule has 2 aromatic carbocycles. The number of hydrogen-bond acceptors (Lipinski definition) is 3. The molecule has 0 amide bonds. The van der Waals surface area contributed by atoms with E-state index >= 15 is 0 Å². The Morgan fingerprint density at radius 2 is 1.64 bits per heavy atom. The number of nitrogens with one attached hydrogen (secondary N) is 1. The highest BCUT2D eigenvalue weighted by Gasteiger charge is 2.48. The summed E-state index contributed by atoms with van der Waals surface area (Å²) in [6.07, 6.45) is -5.13. The van der Waals surface area contributed by atoms with Crippen molar-refractivity contribution in [2.24, 2.45) is 0 Å². The molecule has 2 N–H and O–H groups in total. The topological polar surface area (TPSA) is 41.5 Å². The lowest BCUT2D eigenvalue weighted by atomic mass is 9.68. The number of aliphatic hydroxyl groups is 1.